The molecule has 0 spiro atoms. The molecule has 0 aliphatic rings. The zero-order valence-corrected chi connectivity index (χ0v) is 8.63. The molecule has 0 fully saturated rings. The molecule has 0 bridgehead atoms. The van der Waals surface area contributed by atoms with Gasteiger partial charge >= 0.3 is 0 Å². The van der Waals surface area contributed by atoms with E-state index in [0.29, 0.717) is 12.0 Å². The SMILES string of the molecule is Cc1ncn(C(C)C)c1C(C)C. The molecule has 0 saturated carbocycles. The maximum atomic E-state index is 4.32. The Bertz CT molecular complexity index is 259. The third-order valence-electron chi connectivity index (χ3n) is 2.13. The highest BCUT2D eigenvalue weighted by atomic mass is 15.1. The predicted molar refractivity (Wildman–Crippen MR) is 51.4 cm³/mol. The van der Waals surface area contributed by atoms with Gasteiger partial charge in [0.1, 0.15) is 0 Å². The molecular formula is C10H18N2. The average Bonchev–Trinajstić information content (AvgIpc) is 2.30. The summed E-state index contributed by atoms with van der Waals surface area (Å²) in [5, 5.41) is 0. The van der Waals surface area contributed by atoms with E-state index in [4.69, 9.17) is 0 Å². The van der Waals surface area contributed by atoms with Crippen LogP contribution in [0.1, 0.15) is 51.0 Å². The maximum absolute atomic E-state index is 4.32. The smallest absolute Gasteiger partial charge is 0.0954 e. The van der Waals surface area contributed by atoms with Crippen LogP contribution in [0, 0.1) is 6.92 Å². The normalized spacial score (nSPS) is 11.6. The van der Waals surface area contributed by atoms with E-state index in [0.717, 1.165) is 0 Å². The van der Waals surface area contributed by atoms with Crippen molar-refractivity contribution < 1.29 is 0 Å². The van der Waals surface area contributed by atoms with Gasteiger partial charge in [-0.05, 0) is 26.7 Å². The van der Waals surface area contributed by atoms with E-state index in [-0.39, 0.29) is 0 Å². The first-order valence-corrected chi connectivity index (χ1v) is 4.57. The highest BCUT2D eigenvalue weighted by Crippen LogP contribution is 2.21. The van der Waals surface area contributed by atoms with Gasteiger partial charge in [0.2, 0.25) is 0 Å². The van der Waals surface area contributed by atoms with Crippen molar-refractivity contribution in [2.45, 2.75) is 46.6 Å². The van der Waals surface area contributed by atoms with E-state index in [1.807, 2.05) is 6.33 Å². The summed E-state index contributed by atoms with van der Waals surface area (Å²) >= 11 is 0. The van der Waals surface area contributed by atoms with Crippen molar-refractivity contribution >= 4 is 0 Å². The Morgan fingerprint density at radius 3 is 2.17 bits per heavy atom. The van der Waals surface area contributed by atoms with Crippen molar-refractivity contribution in [3.63, 3.8) is 0 Å². The first-order chi connectivity index (χ1) is 5.54. The Kier molecular flexibility index (Phi) is 2.55. The highest BCUT2D eigenvalue weighted by Gasteiger charge is 2.12. The van der Waals surface area contributed by atoms with Crippen molar-refractivity contribution in [3.8, 4) is 0 Å². The van der Waals surface area contributed by atoms with Crippen molar-refractivity contribution in [1.82, 2.24) is 9.55 Å². The molecular weight excluding hydrogens is 148 g/mol. The van der Waals surface area contributed by atoms with Gasteiger partial charge in [0.05, 0.1) is 12.0 Å². The van der Waals surface area contributed by atoms with Crippen LogP contribution in [0.2, 0.25) is 0 Å². The number of imidazole rings is 1. The molecule has 0 atom stereocenters. The summed E-state index contributed by atoms with van der Waals surface area (Å²) in [5.41, 5.74) is 2.53. The minimum Gasteiger partial charge on any atom is -0.332 e. The van der Waals surface area contributed by atoms with Crippen LogP contribution in [0.3, 0.4) is 0 Å². The van der Waals surface area contributed by atoms with Crippen LogP contribution in [0.5, 0.6) is 0 Å². The Hall–Kier alpha value is -0.790. The molecule has 0 aliphatic heterocycles. The molecule has 1 rings (SSSR count). The molecule has 0 N–H and O–H groups in total. The van der Waals surface area contributed by atoms with Crippen molar-refractivity contribution in [3.05, 3.63) is 17.7 Å². The lowest BCUT2D eigenvalue weighted by molar-refractivity contribution is 0.557. The number of nitrogens with zero attached hydrogens (tertiary/aromatic N) is 2. The third kappa shape index (κ3) is 1.52. The molecule has 0 saturated heterocycles. The van der Waals surface area contributed by atoms with Gasteiger partial charge in [-0.3, -0.25) is 0 Å². The molecule has 1 heterocycles. The second-order valence-corrected chi connectivity index (χ2v) is 3.87. The van der Waals surface area contributed by atoms with Gasteiger partial charge in [0.15, 0.2) is 0 Å². The molecule has 12 heavy (non-hydrogen) atoms. The second kappa shape index (κ2) is 3.30. The Labute approximate surface area is 74.6 Å². The third-order valence-corrected chi connectivity index (χ3v) is 2.13. The van der Waals surface area contributed by atoms with Gasteiger partial charge in [-0.2, -0.15) is 0 Å². The first kappa shape index (κ1) is 9.30. The molecule has 0 amide bonds. The molecule has 0 aromatic carbocycles. The zero-order chi connectivity index (χ0) is 9.30. The monoisotopic (exact) mass is 166 g/mol. The Morgan fingerprint density at radius 1 is 1.25 bits per heavy atom. The van der Waals surface area contributed by atoms with Crippen molar-refractivity contribution in [2.75, 3.05) is 0 Å². The lowest BCUT2D eigenvalue weighted by Gasteiger charge is -2.14. The topological polar surface area (TPSA) is 17.8 Å². The second-order valence-electron chi connectivity index (χ2n) is 3.87. The predicted octanol–water partition coefficient (Wildman–Crippen LogP) is 2.90. The fourth-order valence-corrected chi connectivity index (χ4v) is 1.59. The van der Waals surface area contributed by atoms with Gasteiger partial charge in [0.25, 0.3) is 0 Å². The zero-order valence-electron chi connectivity index (χ0n) is 8.63. The van der Waals surface area contributed by atoms with Crippen LogP contribution in [0.4, 0.5) is 0 Å². The summed E-state index contributed by atoms with van der Waals surface area (Å²) in [6.45, 7) is 10.9. The van der Waals surface area contributed by atoms with Crippen LogP contribution in [-0.2, 0) is 0 Å². The lowest BCUT2D eigenvalue weighted by Crippen LogP contribution is -2.06. The quantitative estimate of drug-likeness (QED) is 0.660. The van der Waals surface area contributed by atoms with Crippen LogP contribution < -0.4 is 0 Å². The van der Waals surface area contributed by atoms with Crippen LogP contribution in [0.25, 0.3) is 0 Å². The minimum atomic E-state index is 0.517. The van der Waals surface area contributed by atoms with E-state index in [1.165, 1.54) is 11.4 Å². The molecule has 2 heteroatoms. The summed E-state index contributed by atoms with van der Waals surface area (Å²) in [4.78, 5) is 4.32. The van der Waals surface area contributed by atoms with Gasteiger partial charge in [-0.25, -0.2) is 4.98 Å². The Balaban J connectivity index is 3.12. The van der Waals surface area contributed by atoms with Gasteiger partial charge in [-0.1, -0.05) is 13.8 Å². The molecule has 0 aliphatic carbocycles. The average molecular weight is 166 g/mol. The molecule has 68 valence electrons. The fourth-order valence-electron chi connectivity index (χ4n) is 1.59. The molecule has 2 nitrogen and oxygen atoms in total. The summed E-state index contributed by atoms with van der Waals surface area (Å²) in [5.74, 6) is 0.565. The number of hydrogen-bond acceptors (Lipinski definition) is 1. The number of rotatable bonds is 2. The Morgan fingerprint density at radius 2 is 1.83 bits per heavy atom. The largest absolute Gasteiger partial charge is 0.332 e. The van der Waals surface area contributed by atoms with Gasteiger partial charge in [0, 0.05) is 11.7 Å². The summed E-state index contributed by atoms with van der Waals surface area (Å²) in [6.07, 6.45) is 1.94. The van der Waals surface area contributed by atoms with Crippen molar-refractivity contribution in [2.24, 2.45) is 0 Å². The van der Waals surface area contributed by atoms with Crippen LogP contribution >= 0.6 is 0 Å². The summed E-state index contributed by atoms with van der Waals surface area (Å²) in [6, 6.07) is 0.517. The van der Waals surface area contributed by atoms with Gasteiger partial charge < -0.3 is 4.57 Å². The van der Waals surface area contributed by atoms with E-state index in [9.17, 15) is 0 Å². The number of hydrogen-bond donors (Lipinski definition) is 0. The fraction of sp³-hybridized carbons (Fsp3) is 0.700. The first-order valence-electron chi connectivity index (χ1n) is 4.57. The molecule has 1 aromatic heterocycles. The highest BCUT2D eigenvalue weighted by molar-refractivity contribution is 5.15. The molecule has 0 radical (unpaired) electrons. The number of aromatic nitrogens is 2. The van der Waals surface area contributed by atoms with Crippen LogP contribution in [-0.4, -0.2) is 9.55 Å². The van der Waals surface area contributed by atoms with E-state index in [2.05, 4.69) is 44.2 Å². The van der Waals surface area contributed by atoms with E-state index >= 15 is 0 Å². The molecule has 1 aromatic rings. The standard InChI is InChI=1S/C10H18N2/c1-7(2)10-9(5)11-6-12(10)8(3)4/h6-8H,1-5H3. The summed E-state index contributed by atoms with van der Waals surface area (Å²) < 4.78 is 2.25. The van der Waals surface area contributed by atoms with Crippen LogP contribution in [0.15, 0.2) is 6.33 Å². The maximum Gasteiger partial charge on any atom is 0.0954 e. The van der Waals surface area contributed by atoms with Crippen molar-refractivity contribution in [1.29, 1.82) is 0 Å². The molecule has 0 unspecified atom stereocenters. The van der Waals surface area contributed by atoms with E-state index in [1.54, 1.807) is 0 Å². The summed E-state index contributed by atoms with van der Waals surface area (Å²) in [7, 11) is 0. The minimum absolute atomic E-state index is 0.517. The lowest BCUT2D eigenvalue weighted by atomic mass is 10.1. The number of aryl methyl sites for hydroxylation is 1. The van der Waals surface area contributed by atoms with Gasteiger partial charge in [-0.15, -0.1) is 0 Å². The van der Waals surface area contributed by atoms with E-state index < -0.39 is 0 Å².